The number of rotatable bonds is 23. The second kappa shape index (κ2) is 22.8. The van der Waals surface area contributed by atoms with Gasteiger partial charge in [0.15, 0.2) is 0 Å². The van der Waals surface area contributed by atoms with E-state index in [1.54, 1.807) is 21.6 Å². The van der Waals surface area contributed by atoms with Crippen LogP contribution in [0.2, 0.25) is 0 Å². The van der Waals surface area contributed by atoms with Crippen LogP contribution in [0.4, 0.5) is 0 Å². The zero-order valence-corrected chi connectivity index (χ0v) is 21.2. The molecule has 0 aromatic rings. The number of nitrogens with one attached hydrogen (secondary N) is 2. The van der Waals surface area contributed by atoms with Gasteiger partial charge in [0, 0.05) is 25.9 Å². The van der Waals surface area contributed by atoms with E-state index < -0.39 is 0 Å². The third-order valence-corrected chi connectivity index (χ3v) is 6.36. The minimum absolute atomic E-state index is 0.0108. The number of ether oxygens (including phenoxy) is 5. The molecule has 0 aliphatic rings. The van der Waals surface area contributed by atoms with E-state index in [4.69, 9.17) is 23.7 Å². The third kappa shape index (κ3) is 21.3. The SMILES string of the molecule is C/C=C/CNC(=O)CCOCCOCCOC(C)(CCOCCOCCNC)SSC. The van der Waals surface area contributed by atoms with Crippen molar-refractivity contribution in [2.24, 2.45) is 0 Å². The monoisotopic (exact) mass is 482 g/mol. The van der Waals surface area contributed by atoms with Gasteiger partial charge in [-0.2, -0.15) is 0 Å². The van der Waals surface area contributed by atoms with E-state index in [1.165, 1.54) is 0 Å². The molecule has 8 nitrogen and oxygen atoms in total. The van der Waals surface area contributed by atoms with Crippen molar-refractivity contribution in [1.82, 2.24) is 10.6 Å². The zero-order chi connectivity index (χ0) is 23.0. The fraction of sp³-hybridized carbons (Fsp3) is 0.857. The predicted octanol–water partition coefficient (Wildman–Crippen LogP) is 2.49. The Morgan fingerprint density at radius 2 is 1.55 bits per heavy atom. The van der Waals surface area contributed by atoms with Crippen molar-refractivity contribution < 1.29 is 28.5 Å². The van der Waals surface area contributed by atoms with Gasteiger partial charge in [-0.25, -0.2) is 0 Å². The number of carbonyl (C=O) groups excluding carboxylic acids is 1. The molecule has 0 fully saturated rings. The summed E-state index contributed by atoms with van der Waals surface area (Å²) in [4.78, 5) is 11.2. The Hall–Kier alpha value is -0.330. The maximum atomic E-state index is 11.5. The average molecular weight is 483 g/mol. The Balaban J connectivity index is 3.67. The molecular formula is C21H42N2O6S2. The molecule has 31 heavy (non-hydrogen) atoms. The van der Waals surface area contributed by atoms with Gasteiger partial charge in [0.05, 0.1) is 59.5 Å². The smallest absolute Gasteiger partial charge is 0.222 e. The normalized spacial score (nSPS) is 13.5. The molecule has 1 atom stereocenters. The van der Waals surface area contributed by atoms with Crippen LogP contribution in [-0.2, 0) is 28.5 Å². The molecule has 0 rings (SSSR count). The molecule has 0 aromatic heterocycles. The van der Waals surface area contributed by atoms with Crippen LogP contribution in [0.15, 0.2) is 12.2 Å². The molecule has 2 N–H and O–H groups in total. The van der Waals surface area contributed by atoms with Gasteiger partial charge in [-0.05, 0) is 27.2 Å². The fourth-order valence-corrected chi connectivity index (χ4v) is 4.35. The van der Waals surface area contributed by atoms with Crippen molar-refractivity contribution in [3.05, 3.63) is 12.2 Å². The van der Waals surface area contributed by atoms with Crippen LogP contribution in [0.25, 0.3) is 0 Å². The van der Waals surface area contributed by atoms with Crippen molar-refractivity contribution >= 4 is 27.5 Å². The van der Waals surface area contributed by atoms with Crippen molar-refractivity contribution in [3.63, 3.8) is 0 Å². The fourth-order valence-electron chi connectivity index (χ4n) is 2.25. The molecule has 1 amide bonds. The van der Waals surface area contributed by atoms with Gasteiger partial charge in [-0.15, -0.1) is 0 Å². The molecule has 1 unspecified atom stereocenters. The van der Waals surface area contributed by atoms with Crippen molar-refractivity contribution in [1.29, 1.82) is 0 Å². The second-order valence-corrected chi connectivity index (χ2v) is 9.52. The van der Waals surface area contributed by atoms with Gasteiger partial charge in [0.1, 0.15) is 4.93 Å². The predicted molar refractivity (Wildman–Crippen MR) is 130 cm³/mol. The van der Waals surface area contributed by atoms with Crippen LogP contribution in [0.1, 0.15) is 26.7 Å². The number of likely N-dealkylation sites (N-methyl/N-ethyl adjacent to an activating group) is 1. The molecule has 0 aromatic carbocycles. The molecule has 0 saturated heterocycles. The van der Waals surface area contributed by atoms with Crippen molar-refractivity contribution in [2.45, 2.75) is 31.6 Å². The van der Waals surface area contributed by atoms with E-state index in [0.29, 0.717) is 72.4 Å². The summed E-state index contributed by atoms with van der Waals surface area (Å²) < 4.78 is 28.1. The standard InChI is InChI=1S/C21H42N2O6S2/c1-5-6-9-23-20(24)7-11-25-14-17-28-18-19-29-21(2,31-30-4)8-12-26-15-16-27-13-10-22-3/h5-6,22H,7-19H2,1-4H3,(H,23,24)/b6-5+. The molecule has 0 aliphatic carbocycles. The van der Waals surface area contributed by atoms with Gasteiger partial charge in [0.2, 0.25) is 5.91 Å². The quantitative estimate of drug-likeness (QED) is 0.0987. The molecule has 0 heterocycles. The number of amides is 1. The molecule has 10 heteroatoms. The van der Waals surface area contributed by atoms with Gasteiger partial charge in [-0.3, -0.25) is 4.79 Å². The highest BCUT2D eigenvalue weighted by molar-refractivity contribution is 8.76. The van der Waals surface area contributed by atoms with Crippen LogP contribution in [-0.4, -0.2) is 96.7 Å². The lowest BCUT2D eigenvalue weighted by Crippen LogP contribution is -2.28. The molecule has 0 saturated carbocycles. The lowest BCUT2D eigenvalue weighted by Gasteiger charge is -2.28. The molecular weight excluding hydrogens is 440 g/mol. The second-order valence-electron chi connectivity index (χ2n) is 6.66. The highest BCUT2D eigenvalue weighted by atomic mass is 33.1. The summed E-state index contributed by atoms with van der Waals surface area (Å²) in [6.45, 7) is 10.2. The molecule has 0 aliphatic heterocycles. The van der Waals surface area contributed by atoms with Crippen LogP contribution < -0.4 is 10.6 Å². The van der Waals surface area contributed by atoms with Gasteiger partial charge in [-0.1, -0.05) is 33.7 Å². The first-order chi connectivity index (χ1) is 15.1. The summed E-state index contributed by atoms with van der Waals surface area (Å²) in [5.74, 6) is -0.0108. The Morgan fingerprint density at radius 1 is 0.935 bits per heavy atom. The lowest BCUT2D eigenvalue weighted by atomic mass is 10.3. The minimum Gasteiger partial charge on any atom is -0.379 e. The summed E-state index contributed by atoms with van der Waals surface area (Å²) in [5, 5.41) is 5.82. The minimum atomic E-state index is -0.327. The zero-order valence-electron chi connectivity index (χ0n) is 19.6. The van der Waals surface area contributed by atoms with Gasteiger partial charge < -0.3 is 34.3 Å². The van der Waals surface area contributed by atoms with Crippen LogP contribution in [0.5, 0.6) is 0 Å². The first kappa shape index (κ1) is 30.7. The lowest BCUT2D eigenvalue weighted by molar-refractivity contribution is -0.122. The van der Waals surface area contributed by atoms with E-state index in [9.17, 15) is 4.79 Å². The Labute approximate surface area is 196 Å². The average Bonchev–Trinajstić information content (AvgIpc) is 2.75. The Morgan fingerprint density at radius 3 is 2.19 bits per heavy atom. The van der Waals surface area contributed by atoms with Gasteiger partial charge >= 0.3 is 0 Å². The van der Waals surface area contributed by atoms with Gasteiger partial charge in [0.25, 0.3) is 0 Å². The summed E-state index contributed by atoms with van der Waals surface area (Å²) in [7, 11) is 5.27. The molecule has 184 valence electrons. The summed E-state index contributed by atoms with van der Waals surface area (Å²) in [6, 6.07) is 0. The largest absolute Gasteiger partial charge is 0.379 e. The number of allylic oxidation sites excluding steroid dienone is 1. The number of hydrogen-bond acceptors (Lipinski definition) is 9. The molecule has 0 spiro atoms. The summed E-state index contributed by atoms with van der Waals surface area (Å²) >= 11 is 0. The van der Waals surface area contributed by atoms with E-state index >= 15 is 0 Å². The Kier molecular flexibility index (Phi) is 22.6. The highest BCUT2D eigenvalue weighted by Crippen LogP contribution is 2.37. The van der Waals surface area contributed by atoms with E-state index in [0.717, 1.165) is 13.0 Å². The highest BCUT2D eigenvalue weighted by Gasteiger charge is 2.25. The van der Waals surface area contributed by atoms with Crippen molar-refractivity contribution in [3.8, 4) is 0 Å². The number of hydrogen-bond donors (Lipinski definition) is 2. The third-order valence-electron chi connectivity index (χ3n) is 3.96. The van der Waals surface area contributed by atoms with E-state index in [-0.39, 0.29) is 10.8 Å². The topological polar surface area (TPSA) is 87.3 Å². The first-order valence-corrected chi connectivity index (χ1v) is 13.3. The van der Waals surface area contributed by atoms with Crippen molar-refractivity contribution in [2.75, 3.05) is 85.9 Å². The molecule has 0 radical (unpaired) electrons. The summed E-state index contributed by atoms with van der Waals surface area (Å²) in [6.07, 6.45) is 6.98. The van der Waals surface area contributed by atoms with Crippen LogP contribution in [0, 0.1) is 0 Å². The van der Waals surface area contributed by atoms with Crippen LogP contribution in [0.3, 0.4) is 0 Å². The van der Waals surface area contributed by atoms with E-state index in [1.807, 2.05) is 32.4 Å². The van der Waals surface area contributed by atoms with Crippen LogP contribution >= 0.6 is 21.6 Å². The van der Waals surface area contributed by atoms with E-state index in [2.05, 4.69) is 17.6 Å². The first-order valence-electron chi connectivity index (χ1n) is 10.8. The maximum Gasteiger partial charge on any atom is 0.222 e. The Bertz CT molecular complexity index is 446. The maximum absolute atomic E-state index is 11.5. The number of carbonyl (C=O) groups is 1. The summed E-state index contributed by atoms with van der Waals surface area (Å²) in [5.41, 5.74) is 0. The molecule has 0 bridgehead atoms.